The molecule has 3 rings (SSSR count). The average Bonchev–Trinajstić information content (AvgIpc) is 2.67. The largest absolute Gasteiger partial charge is 0.337 e. The van der Waals surface area contributed by atoms with Gasteiger partial charge in [-0.2, -0.15) is 0 Å². The van der Waals surface area contributed by atoms with Gasteiger partial charge in [-0.1, -0.05) is 42.1 Å². The van der Waals surface area contributed by atoms with Crippen molar-refractivity contribution < 1.29 is 9.18 Å². The highest BCUT2D eigenvalue weighted by Crippen LogP contribution is 2.23. The number of hydrogen-bond acceptors (Lipinski definition) is 4. The maximum atomic E-state index is 13.1. The fourth-order valence-corrected chi connectivity index (χ4v) is 3.85. The van der Waals surface area contributed by atoms with Crippen molar-refractivity contribution in [2.45, 2.75) is 31.3 Å². The van der Waals surface area contributed by atoms with Crippen molar-refractivity contribution in [2.24, 2.45) is 0 Å². The Morgan fingerprint density at radius 2 is 1.68 bits per heavy atom. The monoisotopic (exact) mass is 395 g/mol. The predicted molar refractivity (Wildman–Crippen MR) is 110 cm³/mol. The lowest BCUT2D eigenvalue weighted by atomic mass is 10.1. The number of nitrogens with zero attached hydrogens (tertiary/aromatic N) is 3. The van der Waals surface area contributed by atoms with E-state index in [9.17, 15) is 9.18 Å². The van der Waals surface area contributed by atoms with Gasteiger partial charge in [0.15, 0.2) is 5.16 Å². The molecule has 0 aliphatic heterocycles. The quantitative estimate of drug-likeness (QED) is 0.444. The molecule has 1 heterocycles. The molecule has 0 saturated heterocycles. The number of rotatable bonds is 6. The normalized spacial score (nSPS) is 10.7. The summed E-state index contributed by atoms with van der Waals surface area (Å²) in [4.78, 5) is 23.5. The first-order chi connectivity index (χ1) is 13.4. The number of aryl methyl sites for hydroxylation is 2. The first kappa shape index (κ1) is 20.0. The lowest BCUT2D eigenvalue weighted by Crippen LogP contribution is -2.27. The Morgan fingerprint density at radius 3 is 2.36 bits per heavy atom. The second-order valence-corrected chi connectivity index (χ2v) is 7.61. The van der Waals surface area contributed by atoms with Gasteiger partial charge in [-0.05, 0) is 49.2 Å². The third-order valence-corrected chi connectivity index (χ3v) is 5.14. The molecule has 4 nitrogen and oxygen atoms in total. The van der Waals surface area contributed by atoms with Gasteiger partial charge in [-0.15, -0.1) is 0 Å². The van der Waals surface area contributed by atoms with Gasteiger partial charge in [0.1, 0.15) is 5.82 Å². The minimum absolute atomic E-state index is 0.0677. The van der Waals surface area contributed by atoms with Gasteiger partial charge >= 0.3 is 0 Å². The summed E-state index contributed by atoms with van der Waals surface area (Å²) >= 11 is 1.52. The molecule has 0 aliphatic rings. The number of carbonyl (C=O) groups is 1. The molecule has 0 saturated carbocycles. The summed E-state index contributed by atoms with van der Waals surface area (Å²) in [7, 11) is 1.75. The molecule has 144 valence electrons. The van der Waals surface area contributed by atoms with E-state index in [2.05, 4.69) is 9.97 Å². The third-order valence-electron chi connectivity index (χ3n) is 4.25. The molecule has 0 unspecified atom stereocenters. The summed E-state index contributed by atoms with van der Waals surface area (Å²) in [5.41, 5.74) is 4.33. The van der Waals surface area contributed by atoms with Gasteiger partial charge in [0.05, 0.1) is 0 Å². The van der Waals surface area contributed by atoms with E-state index in [1.165, 1.54) is 23.9 Å². The van der Waals surface area contributed by atoms with Crippen molar-refractivity contribution in [3.8, 4) is 0 Å². The van der Waals surface area contributed by atoms with E-state index in [1.807, 2.05) is 44.2 Å². The summed E-state index contributed by atoms with van der Waals surface area (Å²) in [6.07, 6.45) is 0. The van der Waals surface area contributed by atoms with Crippen LogP contribution in [0.2, 0.25) is 0 Å². The summed E-state index contributed by atoms with van der Waals surface area (Å²) < 4.78 is 13.1. The molecule has 0 N–H and O–H groups in total. The molecule has 0 fully saturated rings. The van der Waals surface area contributed by atoms with Gasteiger partial charge in [-0.3, -0.25) is 4.79 Å². The summed E-state index contributed by atoms with van der Waals surface area (Å²) in [6.45, 7) is 4.31. The van der Waals surface area contributed by atoms with Crippen molar-refractivity contribution in [2.75, 3.05) is 7.05 Å². The van der Waals surface area contributed by atoms with E-state index >= 15 is 0 Å². The lowest BCUT2D eigenvalue weighted by molar-refractivity contribution is 0.0784. The van der Waals surface area contributed by atoms with Gasteiger partial charge in [-0.25, -0.2) is 14.4 Å². The average molecular weight is 396 g/mol. The molecule has 28 heavy (non-hydrogen) atoms. The predicted octanol–water partition coefficient (Wildman–Crippen LogP) is 4.80. The van der Waals surface area contributed by atoms with E-state index in [0.717, 1.165) is 22.5 Å². The fourth-order valence-electron chi connectivity index (χ4n) is 2.90. The number of hydrogen-bond donors (Lipinski definition) is 0. The summed E-state index contributed by atoms with van der Waals surface area (Å²) in [6, 6.07) is 15.7. The van der Waals surface area contributed by atoms with Crippen LogP contribution in [0.25, 0.3) is 0 Å². The molecule has 2 aromatic carbocycles. The van der Waals surface area contributed by atoms with Gasteiger partial charge in [0.25, 0.3) is 5.91 Å². The Labute approximate surface area is 168 Å². The minimum atomic E-state index is -0.284. The zero-order valence-electron chi connectivity index (χ0n) is 16.1. The Balaban J connectivity index is 1.73. The van der Waals surface area contributed by atoms with Crippen LogP contribution in [0, 0.1) is 19.7 Å². The number of benzene rings is 2. The number of halogens is 1. The second kappa shape index (κ2) is 8.97. The zero-order chi connectivity index (χ0) is 20.1. The molecule has 0 atom stereocenters. The third kappa shape index (κ3) is 5.16. The van der Waals surface area contributed by atoms with Crippen LogP contribution in [0.3, 0.4) is 0 Å². The Morgan fingerprint density at radius 1 is 1.04 bits per heavy atom. The molecule has 6 heteroatoms. The highest BCUT2D eigenvalue weighted by molar-refractivity contribution is 7.98. The van der Waals surface area contributed by atoms with E-state index in [1.54, 1.807) is 24.1 Å². The first-order valence-electron chi connectivity index (χ1n) is 8.95. The Hall–Kier alpha value is -2.73. The highest BCUT2D eigenvalue weighted by atomic mass is 32.2. The topological polar surface area (TPSA) is 46.1 Å². The van der Waals surface area contributed by atoms with E-state index in [-0.39, 0.29) is 11.7 Å². The summed E-state index contributed by atoms with van der Waals surface area (Å²) in [5.74, 6) is 0.255. The van der Waals surface area contributed by atoms with Gasteiger partial charge in [0, 0.05) is 36.3 Å². The zero-order valence-corrected chi connectivity index (χ0v) is 17.0. The van der Waals surface area contributed by atoms with Crippen LogP contribution in [-0.2, 0) is 12.3 Å². The van der Waals surface area contributed by atoms with Crippen LogP contribution in [0.4, 0.5) is 4.39 Å². The first-order valence-corrected chi connectivity index (χ1v) is 9.94. The van der Waals surface area contributed by atoms with Crippen molar-refractivity contribution in [3.05, 3.63) is 88.5 Å². The number of carbonyl (C=O) groups excluding carboxylic acids is 1. The van der Waals surface area contributed by atoms with Gasteiger partial charge in [0.2, 0.25) is 0 Å². The number of thioether (sulfide) groups is 1. The number of amides is 1. The standard InChI is InChI=1S/C22H22FN3OS/c1-15-12-16(2)25-22(24-15)28-14-18-6-4-5-7-20(18)21(27)26(3)13-17-8-10-19(23)11-9-17/h4-12H,13-14H2,1-3H3. The highest BCUT2D eigenvalue weighted by Gasteiger charge is 2.16. The van der Waals surface area contributed by atoms with Crippen molar-refractivity contribution >= 4 is 17.7 Å². The SMILES string of the molecule is Cc1cc(C)nc(SCc2ccccc2C(=O)N(C)Cc2ccc(F)cc2)n1. The van der Waals surface area contributed by atoms with E-state index < -0.39 is 0 Å². The van der Waals surface area contributed by atoms with Crippen LogP contribution in [0.15, 0.2) is 59.8 Å². The van der Waals surface area contributed by atoms with Crippen LogP contribution in [0.1, 0.15) is 32.9 Å². The molecule has 0 radical (unpaired) electrons. The van der Waals surface area contributed by atoms with E-state index in [0.29, 0.717) is 23.0 Å². The van der Waals surface area contributed by atoms with Crippen LogP contribution >= 0.6 is 11.8 Å². The van der Waals surface area contributed by atoms with Crippen molar-refractivity contribution in [1.82, 2.24) is 14.9 Å². The number of aromatic nitrogens is 2. The molecule has 0 bridgehead atoms. The lowest BCUT2D eigenvalue weighted by Gasteiger charge is -2.19. The minimum Gasteiger partial charge on any atom is -0.337 e. The molecule has 1 amide bonds. The maximum absolute atomic E-state index is 13.1. The Kier molecular flexibility index (Phi) is 6.41. The molecular weight excluding hydrogens is 373 g/mol. The smallest absolute Gasteiger partial charge is 0.254 e. The molecule has 0 aliphatic carbocycles. The molecule has 3 aromatic rings. The Bertz CT molecular complexity index is 956. The van der Waals surface area contributed by atoms with Crippen molar-refractivity contribution in [1.29, 1.82) is 0 Å². The van der Waals surface area contributed by atoms with Crippen LogP contribution in [0.5, 0.6) is 0 Å². The maximum Gasteiger partial charge on any atom is 0.254 e. The molecule has 1 aromatic heterocycles. The van der Waals surface area contributed by atoms with Crippen LogP contribution in [-0.4, -0.2) is 27.8 Å². The second-order valence-electron chi connectivity index (χ2n) is 6.67. The van der Waals surface area contributed by atoms with Crippen molar-refractivity contribution in [3.63, 3.8) is 0 Å². The van der Waals surface area contributed by atoms with Gasteiger partial charge < -0.3 is 4.90 Å². The molecular formula is C22H22FN3OS. The summed E-state index contributed by atoms with van der Waals surface area (Å²) in [5, 5.41) is 0.708. The fraction of sp³-hybridized carbons (Fsp3) is 0.227. The van der Waals surface area contributed by atoms with Crippen LogP contribution < -0.4 is 0 Å². The molecule has 0 spiro atoms. The van der Waals surface area contributed by atoms with E-state index in [4.69, 9.17) is 0 Å².